The highest BCUT2D eigenvalue weighted by Crippen LogP contribution is 2.32. The molecule has 0 aliphatic carbocycles. The Kier molecular flexibility index (Phi) is 4.24. The minimum atomic E-state index is -0.113. The lowest BCUT2D eigenvalue weighted by Gasteiger charge is -2.17. The summed E-state index contributed by atoms with van der Waals surface area (Å²) in [7, 11) is 0. The van der Waals surface area contributed by atoms with Gasteiger partial charge >= 0.3 is 12.0 Å². The molecule has 0 spiro atoms. The highest BCUT2D eigenvalue weighted by molar-refractivity contribution is 5.74. The lowest BCUT2D eigenvalue weighted by molar-refractivity contribution is 0.174. The number of nitrogens with one attached hydrogen (secondary N) is 1. The highest BCUT2D eigenvalue weighted by Gasteiger charge is 2.28. The lowest BCUT2D eigenvalue weighted by atomic mass is 10.2. The number of ether oxygens (including phenoxy) is 3. The number of aromatic nitrogens is 2. The molecule has 0 bridgehead atoms. The summed E-state index contributed by atoms with van der Waals surface area (Å²) in [4.78, 5) is 22.1. The number of hydrogen-bond acceptors (Lipinski definition) is 6. The van der Waals surface area contributed by atoms with Crippen LogP contribution in [0.1, 0.15) is 12.0 Å². The maximum Gasteiger partial charge on any atom is 0.317 e. The molecular formula is C17H18N4O4. The van der Waals surface area contributed by atoms with E-state index < -0.39 is 0 Å². The Morgan fingerprint density at radius 1 is 1.28 bits per heavy atom. The Morgan fingerprint density at radius 2 is 2.12 bits per heavy atom. The Balaban J connectivity index is 1.27. The average molecular weight is 342 g/mol. The predicted octanol–water partition coefficient (Wildman–Crippen LogP) is 1.57. The lowest BCUT2D eigenvalue weighted by Crippen LogP contribution is -2.39. The highest BCUT2D eigenvalue weighted by atomic mass is 16.7. The zero-order chi connectivity index (χ0) is 17.1. The molecule has 3 heterocycles. The molecule has 4 rings (SSSR count). The van der Waals surface area contributed by atoms with Crippen LogP contribution >= 0.6 is 0 Å². The van der Waals surface area contributed by atoms with E-state index in [2.05, 4.69) is 15.3 Å². The van der Waals surface area contributed by atoms with E-state index in [4.69, 9.17) is 14.2 Å². The largest absolute Gasteiger partial charge is 0.458 e. The topological polar surface area (TPSA) is 85.8 Å². The van der Waals surface area contributed by atoms with Crippen molar-refractivity contribution in [3.8, 4) is 17.5 Å². The third kappa shape index (κ3) is 3.57. The summed E-state index contributed by atoms with van der Waals surface area (Å²) in [6.07, 6.45) is 3.94. The molecule has 1 unspecified atom stereocenters. The van der Waals surface area contributed by atoms with Crippen molar-refractivity contribution in [1.82, 2.24) is 20.2 Å². The van der Waals surface area contributed by atoms with Gasteiger partial charge in [-0.05, 0) is 23.8 Å². The Hall–Kier alpha value is -3.03. The van der Waals surface area contributed by atoms with Crippen molar-refractivity contribution < 1.29 is 19.0 Å². The van der Waals surface area contributed by atoms with E-state index in [0.29, 0.717) is 31.4 Å². The van der Waals surface area contributed by atoms with E-state index in [0.717, 1.165) is 17.7 Å². The van der Waals surface area contributed by atoms with E-state index in [9.17, 15) is 4.79 Å². The first-order chi connectivity index (χ1) is 12.3. The first-order valence-corrected chi connectivity index (χ1v) is 8.13. The normalized spacial score (nSPS) is 18.2. The maximum atomic E-state index is 12.3. The molecule has 1 saturated heterocycles. The van der Waals surface area contributed by atoms with E-state index in [1.807, 2.05) is 18.2 Å². The fourth-order valence-electron chi connectivity index (χ4n) is 2.84. The first kappa shape index (κ1) is 15.5. The fraction of sp³-hybridized carbons (Fsp3) is 0.353. The second-order valence-corrected chi connectivity index (χ2v) is 5.85. The number of fused-ring (bicyclic) bond motifs is 1. The summed E-state index contributed by atoms with van der Waals surface area (Å²) < 4.78 is 16.3. The molecule has 2 amide bonds. The van der Waals surface area contributed by atoms with Crippen LogP contribution in [0.25, 0.3) is 0 Å². The van der Waals surface area contributed by atoms with Crippen LogP contribution in [-0.2, 0) is 6.54 Å². The number of urea groups is 1. The molecule has 2 aromatic rings. The van der Waals surface area contributed by atoms with Gasteiger partial charge in [0, 0.05) is 31.9 Å². The molecule has 2 aliphatic heterocycles. The van der Waals surface area contributed by atoms with Crippen LogP contribution in [0.3, 0.4) is 0 Å². The molecular weight excluding hydrogens is 324 g/mol. The van der Waals surface area contributed by atoms with Crippen LogP contribution in [0.2, 0.25) is 0 Å². The van der Waals surface area contributed by atoms with Gasteiger partial charge in [0.15, 0.2) is 11.5 Å². The van der Waals surface area contributed by atoms with E-state index in [1.54, 1.807) is 23.4 Å². The third-order valence-electron chi connectivity index (χ3n) is 4.13. The summed E-state index contributed by atoms with van der Waals surface area (Å²) in [5.74, 6) is 1.45. The summed E-state index contributed by atoms with van der Waals surface area (Å²) in [6, 6.07) is 7.61. The minimum Gasteiger partial charge on any atom is -0.458 e. The number of hydrogen-bond donors (Lipinski definition) is 1. The van der Waals surface area contributed by atoms with Crippen LogP contribution in [-0.4, -0.2) is 46.9 Å². The fourth-order valence-corrected chi connectivity index (χ4v) is 2.84. The van der Waals surface area contributed by atoms with Gasteiger partial charge in [-0.15, -0.1) is 0 Å². The average Bonchev–Trinajstić information content (AvgIpc) is 3.29. The Bertz CT molecular complexity index is 756. The van der Waals surface area contributed by atoms with Gasteiger partial charge in [0.25, 0.3) is 0 Å². The van der Waals surface area contributed by atoms with Crippen molar-refractivity contribution in [3.05, 3.63) is 42.2 Å². The second-order valence-electron chi connectivity index (χ2n) is 5.85. The zero-order valence-corrected chi connectivity index (χ0v) is 13.6. The molecule has 1 fully saturated rings. The zero-order valence-electron chi connectivity index (χ0n) is 13.6. The summed E-state index contributed by atoms with van der Waals surface area (Å²) >= 11 is 0. The van der Waals surface area contributed by atoms with Crippen molar-refractivity contribution >= 4 is 6.03 Å². The monoisotopic (exact) mass is 342 g/mol. The Morgan fingerprint density at radius 3 is 3.00 bits per heavy atom. The van der Waals surface area contributed by atoms with E-state index in [1.165, 1.54) is 0 Å². The van der Waals surface area contributed by atoms with Gasteiger partial charge in [0.1, 0.15) is 6.10 Å². The first-order valence-electron chi connectivity index (χ1n) is 8.13. The van der Waals surface area contributed by atoms with Crippen molar-refractivity contribution in [2.45, 2.75) is 19.1 Å². The van der Waals surface area contributed by atoms with E-state index in [-0.39, 0.29) is 18.9 Å². The molecule has 130 valence electrons. The molecule has 8 heteroatoms. The van der Waals surface area contributed by atoms with Crippen molar-refractivity contribution in [3.63, 3.8) is 0 Å². The van der Waals surface area contributed by atoms with E-state index >= 15 is 0 Å². The molecule has 25 heavy (non-hydrogen) atoms. The minimum absolute atomic E-state index is 0.0845. The maximum absolute atomic E-state index is 12.3. The SMILES string of the molecule is O=C(NCc1ccc2c(c1)OCO2)N1CCC(Oc2ncccn2)C1. The molecule has 2 aliphatic rings. The second kappa shape index (κ2) is 6.84. The van der Waals surface area contributed by atoms with Crippen molar-refractivity contribution in [2.75, 3.05) is 19.9 Å². The molecule has 1 aromatic carbocycles. The number of rotatable bonds is 4. The van der Waals surface area contributed by atoms with Crippen molar-refractivity contribution in [2.24, 2.45) is 0 Å². The molecule has 1 atom stereocenters. The molecule has 1 aromatic heterocycles. The van der Waals surface area contributed by atoms with Crippen LogP contribution in [0, 0.1) is 0 Å². The van der Waals surface area contributed by atoms with Gasteiger partial charge in [-0.3, -0.25) is 0 Å². The number of nitrogens with zero attached hydrogens (tertiary/aromatic N) is 3. The number of carbonyl (C=O) groups is 1. The van der Waals surface area contributed by atoms with Gasteiger partial charge in [-0.1, -0.05) is 6.07 Å². The number of benzene rings is 1. The smallest absolute Gasteiger partial charge is 0.317 e. The van der Waals surface area contributed by atoms with Crippen LogP contribution in [0.15, 0.2) is 36.7 Å². The van der Waals surface area contributed by atoms with Gasteiger partial charge in [-0.25, -0.2) is 14.8 Å². The number of carbonyl (C=O) groups excluding carboxylic acids is 1. The predicted molar refractivity (Wildman–Crippen MR) is 87.4 cm³/mol. The Labute approximate surface area is 144 Å². The van der Waals surface area contributed by atoms with Crippen LogP contribution < -0.4 is 19.5 Å². The molecule has 0 saturated carbocycles. The van der Waals surface area contributed by atoms with Crippen LogP contribution in [0.4, 0.5) is 4.79 Å². The van der Waals surface area contributed by atoms with Crippen molar-refractivity contribution in [1.29, 1.82) is 0 Å². The van der Waals surface area contributed by atoms with Crippen LogP contribution in [0.5, 0.6) is 17.5 Å². The number of amides is 2. The van der Waals surface area contributed by atoms with Gasteiger partial charge < -0.3 is 24.4 Å². The molecule has 8 nitrogen and oxygen atoms in total. The summed E-state index contributed by atoms with van der Waals surface area (Å²) in [5, 5.41) is 2.92. The standard InChI is InChI=1S/C17H18N4O4/c22-17(20-9-12-2-3-14-15(8-12)24-11-23-14)21-7-4-13(10-21)25-16-18-5-1-6-19-16/h1-3,5-6,8,13H,4,7,9-11H2,(H,20,22). The number of likely N-dealkylation sites (tertiary alicyclic amines) is 1. The molecule has 1 N–H and O–H groups in total. The van der Waals surface area contributed by atoms with Gasteiger partial charge in [0.2, 0.25) is 6.79 Å². The quantitative estimate of drug-likeness (QED) is 0.908. The molecule has 0 radical (unpaired) electrons. The van der Waals surface area contributed by atoms with Gasteiger partial charge in [0.05, 0.1) is 6.54 Å². The third-order valence-corrected chi connectivity index (χ3v) is 4.13. The summed E-state index contributed by atoms with van der Waals surface area (Å²) in [6.45, 7) is 1.83. The van der Waals surface area contributed by atoms with Gasteiger partial charge in [-0.2, -0.15) is 0 Å². The summed E-state index contributed by atoms with van der Waals surface area (Å²) in [5.41, 5.74) is 0.960.